The number of carbonyl (C=O) groups excluding carboxylic acids is 2. The van der Waals surface area contributed by atoms with Crippen LogP contribution in [-0.4, -0.2) is 38.5 Å². The second-order valence-corrected chi connectivity index (χ2v) is 5.55. The maximum Gasteiger partial charge on any atom is 0.309 e. The molecule has 1 aliphatic heterocycles. The van der Waals surface area contributed by atoms with Gasteiger partial charge >= 0.3 is 11.8 Å². The molecule has 0 saturated heterocycles. The number of nitrogens with one attached hydrogen (secondary N) is 3. The van der Waals surface area contributed by atoms with E-state index in [1.807, 2.05) is 12.1 Å². The van der Waals surface area contributed by atoms with E-state index in [0.29, 0.717) is 0 Å². The van der Waals surface area contributed by atoms with Crippen LogP contribution in [0.25, 0.3) is 0 Å². The normalized spacial score (nSPS) is 19.6. The number of halogens is 1. The van der Waals surface area contributed by atoms with Crippen molar-refractivity contribution < 1.29 is 19.1 Å². The van der Waals surface area contributed by atoms with E-state index in [4.69, 9.17) is 15.2 Å². The Labute approximate surface area is 135 Å². The summed E-state index contributed by atoms with van der Waals surface area (Å²) in [5.41, 5.74) is 7.24. The molecule has 2 atom stereocenters. The minimum absolute atomic E-state index is 0.145. The Morgan fingerprint density at radius 3 is 2.50 bits per heavy atom. The standard InChI is InChI=1S/C13H17BrN4O4/c1-21-12-13(22-2)18-9-6(5-16-11(20)10(15)19)3-7(14)4-8(9)17-12/h3-4,12-13,17-18H,5H2,1-2H3,(H2,15,19)(H,16,20). The van der Waals surface area contributed by atoms with E-state index in [-0.39, 0.29) is 12.8 Å². The highest BCUT2D eigenvalue weighted by Gasteiger charge is 2.29. The molecule has 2 amide bonds. The molecule has 1 aromatic rings. The lowest BCUT2D eigenvalue weighted by Gasteiger charge is -2.35. The first-order chi connectivity index (χ1) is 10.5. The molecule has 8 nitrogen and oxygen atoms in total. The molecule has 0 aromatic heterocycles. The molecular weight excluding hydrogens is 356 g/mol. The summed E-state index contributed by atoms with van der Waals surface area (Å²) in [7, 11) is 3.13. The smallest absolute Gasteiger partial charge is 0.309 e. The summed E-state index contributed by atoms with van der Waals surface area (Å²) in [5, 5.41) is 8.85. The highest BCUT2D eigenvalue weighted by atomic mass is 79.9. The Morgan fingerprint density at radius 2 is 1.91 bits per heavy atom. The van der Waals surface area contributed by atoms with Crippen LogP contribution in [-0.2, 0) is 25.6 Å². The minimum atomic E-state index is -1.02. The highest BCUT2D eigenvalue weighted by Crippen LogP contribution is 2.35. The Morgan fingerprint density at radius 1 is 1.27 bits per heavy atom. The largest absolute Gasteiger partial charge is 0.361 e. The van der Waals surface area contributed by atoms with Crippen LogP contribution in [0.3, 0.4) is 0 Å². The molecule has 9 heteroatoms. The van der Waals surface area contributed by atoms with Gasteiger partial charge in [0.15, 0.2) is 12.5 Å². The van der Waals surface area contributed by atoms with Crippen LogP contribution in [0, 0.1) is 0 Å². The number of hydrogen-bond acceptors (Lipinski definition) is 6. The van der Waals surface area contributed by atoms with Crippen molar-refractivity contribution in [2.45, 2.75) is 19.0 Å². The molecule has 0 saturated carbocycles. The number of nitrogens with two attached hydrogens (primary N) is 1. The molecule has 0 radical (unpaired) electrons. The quantitative estimate of drug-likeness (QED) is 0.566. The van der Waals surface area contributed by atoms with Gasteiger partial charge in [-0.3, -0.25) is 9.59 Å². The number of anilines is 2. The lowest BCUT2D eigenvalue weighted by Crippen LogP contribution is -2.46. The monoisotopic (exact) mass is 372 g/mol. The Hall–Kier alpha value is -1.84. The fourth-order valence-corrected chi connectivity index (χ4v) is 2.67. The van der Waals surface area contributed by atoms with Crippen molar-refractivity contribution in [3.63, 3.8) is 0 Å². The lowest BCUT2D eigenvalue weighted by atomic mass is 10.1. The number of amides is 2. The molecule has 2 unspecified atom stereocenters. The van der Waals surface area contributed by atoms with Gasteiger partial charge in [0.25, 0.3) is 0 Å². The molecule has 2 rings (SSSR count). The first-order valence-electron chi connectivity index (χ1n) is 6.45. The average molecular weight is 373 g/mol. The van der Waals surface area contributed by atoms with E-state index in [9.17, 15) is 9.59 Å². The van der Waals surface area contributed by atoms with E-state index in [0.717, 1.165) is 21.4 Å². The lowest BCUT2D eigenvalue weighted by molar-refractivity contribution is -0.137. The molecular formula is C13H17BrN4O4. The first-order valence-corrected chi connectivity index (χ1v) is 7.24. The van der Waals surface area contributed by atoms with Gasteiger partial charge in [0.2, 0.25) is 0 Å². The average Bonchev–Trinajstić information content (AvgIpc) is 2.50. The molecule has 0 fully saturated rings. The van der Waals surface area contributed by atoms with E-state index in [1.165, 1.54) is 0 Å². The third kappa shape index (κ3) is 3.49. The van der Waals surface area contributed by atoms with Crippen molar-refractivity contribution in [2.75, 3.05) is 24.9 Å². The van der Waals surface area contributed by atoms with Gasteiger partial charge in [-0.25, -0.2) is 0 Å². The Kier molecular flexibility index (Phi) is 5.22. The van der Waals surface area contributed by atoms with Crippen LogP contribution < -0.4 is 21.7 Å². The predicted molar refractivity (Wildman–Crippen MR) is 84.0 cm³/mol. The summed E-state index contributed by atoms with van der Waals surface area (Å²) in [6.07, 6.45) is -0.760. The van der Waals surface area contributed by atoms with Crippen molar-refractivity contribution in [1.82, 2.24) is 5.32 Å². The first kappa shape index (κ1) is 16.5. The van der Waals surface area contributed by atoms with Gasteiger partial charge in [0.05, 0.1) is 11.4 Å². The van der Waals surface area contributed by atoms with E-state index >= 15 is 0 Å². The fraction of sp³-hybridized carbons (Fsp3) is 0.385. The third-order valence-corrected chi connectivity index (χ3v) is 3.67. The van der Waals surface area contributed by atoms with Gasteiger partial charge in [0, 0.05) is 25.2 Å². The molecule has 22 heavy (non-hydrogen) atoms. The molecule has 1 heterocycles. The number of primary amides is 1. The van der Waals surface area contributed by atoms with Gasteiger partial charge in [0.1, 0.15) is 0 Å². The molecule has 0 bridgehead atoms. The van der Waals surface area contributed by atoms with Crippen molar-refractivity contribution >= 4 is 39.1 Å². The van der Waals surface area contributed by atoms with Crippen LogP contribution in [0.2, 0.25) is 0 Å². The van der Waals surface area contributed by atoms with Gasteiger partial charge in [-0.1, -0.05) is 15.9 Å². The minimum Gasteiger partial charge on any atom is -0.361 e. The van der Waals surface area contributed by atoms with E-state index in [2.05, 4.69) is 31.9 Å². The summed E-state index contributed by atoms with van der Waals surface area (Å²) >= 11 is 3.41. The molecule has 1 aromatic carbocycles. The highest BCUT2D eigenvalue weighted by molar-refractivity contribution is 9.10. The van der Waals surface area contributed by atoms with Crippen LogP contribution in [0.1, 0.15) is 5.56 Å². The second-order valence-electron chi connectivity index (χ2n) is 4.64. The molecule has 120 valence electrons. The number of carbonyl (C=O) groups is 2. The van der Waals surface area contributed by atoms with Crippen molar-refractivity contribution in [3.8, 4) is 0 Å². The fourth-order valence-electron chi connectivity index (χ4n) is 2.16. The van der Waals surface area contributed by atoms with Gasteiger partial charge in [-0.15, -0.1) is 0 Å². The maximum absolute atomic E-state index is 11.3. The SMILES string of the molecule is COC1Nc2cc(Br)cc(CNC(=O)C(N)=O)c2NC1OC. The topological polar surface area (TPSA) is 115 Å². The number of hydrogen-bond donors (Lipinski definition) is 4. The molecule has 5 N–H and O–H groups in total. The summed E-state index contributed by atoms with van der Waals surface area (Å²) < 4.78 is 11.5. The van der Waals surface area contributed by atoms with E-state index in [1.54, 1.807) is 14.2 Å². The predicted octanol–water partition coefficient (Wildman–Crippen LogP) is 0.333. The Balaban J connectivity index is 2.27. The summed E-state index contributed by atoms with van der Waals surface area (Å²) in [6, 6.07) is 3.70. The number of methoxy groups -OCH3 is 2. The zero-order valence-electron chi connectivity index (χ0n) is 12.1. The zero-order valence-corrected chi connectivity index (χ0v) is 13.7. The number of ether oxygens (including phenoxy) is 2. The van der Waals surface area contributed by atoms with Gasteiger partial charge < -0.3 is 31.2 Å². The summed E-state index contributed by atoms with van der Waals surface area (Å²) in [5.74, 6) is -1.86. The second kappa shape index (κ2) is 6.95. The zero-order chi connectivity index (χ0) is 16.3. The number of rotatable bonds is 4. The van der Waals surface area contributed by atoms with Crippen LogP contribution >= 0.6 is 15.9 Å². The number of fused-ring (bicyclic) bond motifs is 1. The van der Waals surface area contributed by atoms with Gasteiger partial charge in [-0.2, -0.15) is 0 Å². The molecule has 1 aliphatic rings. The third-order valence-electron chi connectivity index (χ3n) is 3.22. The number of benzene rings is 1. The van der Waals surface area contributed by atoms with E-state index < -0.39 is 18.0 Å². The maximum atomic E-state index is 11.3. The van der Waals surface area contributed by atoms with Crippen LogP contribution in [0.15, 0.2) is 16.6 Å². The Bertz CT molecular complexity index is 596. The van der Waals surface area contributed by atoms with Crippen molar-refractivity contribution in [2.24, 2.45) is 5.73 Å². The van der Waals surface area contributed by atoms with Crippen molar-refractivity contribution in [1.29, 1.82) is 0 Å². The van der Waals surface area contributed by atoms with Crippen LogP contribution in [0.5, 0.6) is 0 Å². The van der Waals surface area contributed by atoms with Gasteiger partial charge in [-0.05, 0) is 17.7 Å². The molecule has 0 aliphatic carbocycles. The summed E-state index contributed by atoms with van der Waals surface area (Å²) in [6.45, 7) is 0.145. The summed E-state index contributed by atoms with van der Waals surface area (Å²) in [4.78, 5) is 22.1. The van der Waals surface area contributed by atoms with Crippen molar-refractivity contribution in [3.05, 3.63) is 22.2 Å². The van der Waals surface area contributed by atoms with Crippen LogP contribution in [0.4, 0.5) is 11.4 Å². The molecule has 0 spiro atoms.